The lowest BCUT2D eigenvalue weighted by molar-refractivity contribution is -0.283. The van der Waals surface area contributed by atoms with Crippen molar-refractivity contribution in [3.63, 3.8) is 0 Å². The quantitative estimate of drug-likeness (QED) is 0.176. The third-order valence-corrected chi connectivity index (χ3v) is 13.5. The van der Waals surface area contributed by atoms with Crippen molar-refractivity contribution in [1.29, 1.82) is 0 Å². The number of fused-ring (bicyclic) bond motifs is 5. The monoisotopic (exact) mass is 664 g/mol. The Hall–Kier alpha value is -0.450. The minimum absolute atomic E-state index is 0.000809. The zero-order chi connectivity index (χ0) is 33.3. The first kappa shape index (κ1) is 35.8. The van der Waals surface area contributed by atoms with Crippen LogP contribution in [0.25, 0.3) is 0 Å². The summed E-state index contributed by atoms with van der Waals surface area (Å²) in [6, 6.07) is 0. The van der Waals surface area contributed by atoms with Crippen LogP contribution in [0.2, 0.25) is 0 Å². The summed E-state index contributed by atoms with van der Waals surface area (Å²) in [6.07, 6.45) is -2.60. The Labute approximate surface area is 267 Å². The van der Waals surface area contributed by atoms with E-state index in [0.717, 1.165) is 25.7 Å². The molecule has 1 heterocycles. The van der Waals surface area contributed by atoms with E-state index in [9.17, 15) is 39.1 Å². The molecule has 1 aliphatic heterocycles. The summed E-state index contributed by atoms with van der Waals surface area (Å²) in [4.78, 5) is 0. The molecule has 0 aromatic rings. The van der Waals surface area contributed by atoms with Gasteiger partial charge >= 0.3 is 10.4 Å². The number of aliphatic hydroxyl groups excluding tert-OH is 5. The highest BCUT2D eigenvalue weighted by Crippen LogP contribution is 2.69. The van der Waals surface area contributed by atoms with Crippen LogP contribution in [0.1, 0.15) is 92.4 Å². The van der Waals surface area contributed by atoms with Gasteiger partial charge in [0.25, 0.3) is 0 Å². The molecule has 12 nitrogen and oxygen atoms in total. The Morgan fingerprint density at radius 3 is 2.22 bits per heavy atom. The van der Waals surface area contributed by atoms with E-state index < -0.39 is 65.0 Å². The molecule has 45 heavy (non-hydrogen) atoms. The van der Waals surface area contributed by atoms with Crippen LogP contribution in [0.5, 0.6) is 0 Å². The van der Waals surface area contributed by atoms with Crippen LogP contribution in [0.15, 0.2) is 0 Å². The standard InChI is InChI=1S/C32H56O12S/c1-16(2)24(43-29-26(37)27(23(36)15-42-29)44-45(39,40)41)7-6-17(3)19-13-21(34)28-31(19,5)11-9-25-30(4)10-8-18(33)12-20(30)22(35)14-32(25,28)38/h16-29,33-38H,6-15H2,1-5H3,(H,39,40,41). The van der Waals surface area contributed by atoms with Crippen molar-refractivity contribution in [2.24, 2.45) is 46.3 Å². The summed E-state index contributed by atoms with van der Waals surface area (Å²) in [5, 5.41) is 66.6. The molecule has 16 unspecified atom stereocenters. The molecule has 4 saturated carbocycles. The topological polar surface area (TPSA) is 203 Å². The van der Waals surface area contributed by atoms with Gasteiger partial charge < -0.3 is 40.1 Å². The van der Waals surface area contributed by atoms with Crippen LogP contribution in [0.4, 0.5) is 0 Å². The Morgan fingerprint density at radius 2 is 1.58 bits per heavy atom. The second-order valence-corrected chi connectivity index (χ2v) is 17.1. The molecule has 5 aliphatic rings. The minimum atomic E-state index is -4.93. The van der Waals surface area contributed by atoms with Crippen LogP contribution in [-0.4, -0.2) is 105 Å². The molecule has 16 atom stereocenters. The zero-order valence-electron chi connectivity index (χ0n) is 27.2. The normalized spacial score (nSPS) is 50.0. The highest BCUT2D eigenvalue weighted by atomic mass is 32.3. The van der Waals surface area contributed by atoms with Crippen molar-refractivity contribution in [1.82, 2.24) is 0 Å². The van der Waals surface area contributed by atoms with Crippen LogP contribution >= 0.6 is 0 Å². The number of hydrogen-bond acceptors (Lipinski definition) is 11. The number of aliphatic hydroxyl groups is 6. The summed E-state index contributed by atoms with van der Waals surface area (Å²) < 4.78 is 47.7. The molecule has 0 aromatic heterocycles. The van der Waals surface area contributed by atoms with Gasteiger partial charge in [-0.05, 0) is 91.8 Å². The first-order chi connectivity index (χ1) is 20.8. The Morgan fingerprint density at radius 1 is 0.911 bits per heavy atom. The summed E-state index contributed by atoms with van der Waals surface area (Å²) in [5.74, 6) is -0.228. The molecule has 4 aliphatic carbocycles. The predicted molar refractivity (Wildman–Crippen MR) is 162 cm³/mol. The van der Waals surface area contributed by atoms with Crippen LogP contribution in [0.3, 0.4) is 0 Å². The van der Waals surface area contributed by atoms with Crippen molar-refractivity contribution < 1.29 is 57.3 Å². The third-order valence-electron chi connectivity index (χ3n) is 13.0. The second kappa shape index (κ2) is 12.8. The van der Waals surface area contributed by atoms with Crippen LogP contribution in [0, 0.1) is 46.3 Å². The molecule has 0 amide bonds. The van der Waals surface area contributed by atoms with Gasteiger partial charge in [-0.15, -0.1) is 0 Å². The number of hydrogen-bond donors (Lipinski definition) is 7. The summed E-state index contributed by atoms with van der Waals surface area (Å²) in [7, 11) is -4.93. The van der Waals surface area contributed by atoms with E-state index in [0.29, 0.717) is 25.7 Å². The van der Waals surface area contributed by atoms with Gasteiger partial charge in [0.15, 0.2) is 6.29 Å². The SMILES string of the molecule is CC(C)C(CCC(C)C1CC(O)C2C1(C)CCC1C3(C)CCC(O)CC3C(O)CC12O)OC1OCC(O)C(OS(=O)(=O)O)C1O. The molecule has 262 valence electrons. The van der Waals surface area contributed by atoms with Crippen molar-refractivity contribution in [3.8, 4) is 0 Å². The molecular formula is C32H56O12S. The lowest BCUT2D eigenvalue weighted by atomic mass is 9.42. The maximum absolute atomic E-state index is 12.5. The highest BCUT2D eigenvalue weighted by molar-refractivity contribution is 7.80. The molecular weight excluding hydrogens is 608 g/mol. The first-order valence-electron chi connectivity index (χ1n) is 16.9. The molecule has 13 heteroatoms. The lowest BCUT2D eigenvalue weighted by Gasteiger charge is -2.66. The fourth-order valence-corrected chi connectivity index (χ4v) is 11.4. The fraction of sp³-hybridized carbons (Fsp3) is 1.00. The van der Waals surface area contributed by atoms with E-state index in [-0.39, 0.29) is 59.4 Å². The third kappa shape index (κ3) is 6.50. The van der Waals surface area contributed by atoms with Gasteiger partial charge in [-0.3, -0.25) is 4.55 Å². The van der Waals surface area contributed by atoms with E-state index in [1.54, 1.807) is 0 Å². The average molecular weight is 665 g/mol. The minimum Gasteiger partial charge on any atom is -0.393 e. The maximum Gasteiger partial charge on any atom is 0.397 e. The van der Waals surface area contributed by atoms with Crippen molar-refractivity contribution in [2.75, 3.05) is 6.61 Å². The largest absolute Gasteiger partial charge is 0.397 e. The molecule has 1 saturated heterocycles. The van der Waals surface area contributed by atoms with Crippen molar-refractivity contribution >= 4 is 10.4 Å². The lowest BCUT2D eigenvalue weighted by Crippen LogP contribution is -2.68. The summed E-state index contributed by atoms with van der Waals surface area (Å²) >= 11 is 0. The molecule has 0 radical (unpaired) electrons. The van der Waals surface area contributed by atoms with Gasteiger partial charge in [-0.2, -0.15) is 8.42 Å². The van der Waals surface area contributed by atoms with E-state index in [1.807, 2.05) is 13.8 Å². The summed E-state index contributed by atoms with van der Waals surface area (Å²) in [6.45, 7) is 10.1. The van der Waals surface area contributed by atoms with E-state index in [4.69, 9.17) is 14.0 Å². The van der Waals surface area contributed by atoms with Crippen LogP contribution in [-0.2, 0) is 24.1 Å². The van der Waals surface area contributed by atoms with Gasteiger partial charge in [-0.1, -0.05) is 34.6 Å². The Balaban J connectivity index is 1.27. The van der Waals surface area contributed by atoms with E-state index in [1.165, 1.54) is 0 Å². The Kier molecular flexibility index (Phi) is 10.2. The molecule has 5 fully saturated rings. The smallest absolute Gasteiger partial charge is 0.393 e. The number of rotatable bonds is 9. The first-order valence-corrected chi connectivity index (χ1v) is 18.2. The highest BCUT2D eigenvalue weighted by Gasteiger charge is 2.70. The van der Waals surface area contributed by atoms with E-state index in [2.05, 4.69) is 25.0 Å². The fourth-order valence-electron chi connectivity index (χ4n) is 10.9. The van der Waals surface area contributed by atoms with Crippen molar-refractivity contribution in [3.05, 3.63) is 0 Å². The second-order valence-electron chi connectivity index (χ2n) is 16.0. The molecule has 0 bridgehead atoms. The average Bonchev–Trinajstić information content (AvgIpc) is 3.21. The van der Waals surface area contributed by atoms with Gasteiger partial charge in [0.05, 0.1) is 36.6 Å². The summed E-state index contributed by atoms with van der Waals surface area (Å²) in [5.41, 5.74) is -1.84. The van der Waals surface area contributed by atoms with Gasteiger partial charge in [-0.25, -0.2) is 4.18 Å². The van der Waals surface area contributed by atoms with Crippen molar-refractivity contribution in [2.45, 2.75) is 147 Å². The molecule has 5 rings (SSSR count). The zero-order valence-corrected chi connectivity index (χ0v) is 28.1. The maximum atomic E-state index is 12.5. The van der Waals surface area contributed by atoms with Gasteiger partial charge in [0.1, 0.15) is 18.3 Å². The van der Waals surface area contributed by atoms with Gasteiger partial charge in [0.2, 0.25) is 0 Å². The molecule has 7 N–H and O–H groups in total. The predicted octanol–water partition coefficient (Wildman–Crippen LogP) is 1.79. The molecule has 0 aromatic carbocycles. The molecule has 0 spiro atoms. The van der Waals surface area contributed by atoms with E-state index >= 15 is 0 Å². The van der Waals surface area contributed by atoms with Gasteiger partial charge in [0, 0.05) is 12.3 Å². The number of ether oxygens (including phenoxy) is 2. The van der Waals surface area contributed by atoms with Crippen LogP contribution < -0.4 is 0 Å². The Bertz CT molecular complexity index is 1150.